The van der Waals surface area contributed by atoms with Gasteiger partial charge in [-0.05, 0) is 44.0 Å². The lowest BCUT2D eigenvalue weighted by atomic mass is 9.89. The third-order valence-corrected chi connectivity index (χ3v) is 3.49. The number of ether oxygens (including phenoxy) is 1. The predicted octanol–water partition coefficient (Wildman–Crippen LogP) is 4.75. The Morgan fingerprint density at radius 1 is 1.04 bits per heavy atom. The van der Waals surface area contributed by atoms with Gasteiger partial charge in [-0.3, -0.25) is 5.32 Å². The molecule has 1 amide bonds. The van der Waals surface area contributed by atoms with E-state index >= 15 is 0 Å². The van der Waals surface area contributed by atoms with E-state index in [4.69, 9.17) is 4.74 Å². The van der Waals surface area contributed by atoms with Gasteiger partial charge in [0.25, 0.3) is 0 Å². The molecule has 0 aliphatic rings. The van der Waals surface area contributed by atoms with Crippen LogP contribution in [0.5, 0.6) is 0 Å². The summed E-state index contributed by atoms with van der Waals surface area (Å²) in [6.45, 7) is 5.46. The summed E-state index contributed by atoms with van der Waals surface area (Å²) >= 11 is 0. The molecule has 2 aromatic rings. The fourth-order valence-electron chi connectivity index (χ4n) is 2.47. The van der Waals surface area contributed by atoms with Crippen molar-refractivity contribution in [3.63, 3.8) is 0 Å². The molecular formula is C20H23NO3. The van der Waals surface area contributed by atoms with Crippen molar-refractivity contribution < 1.29 is 14.3 Å². The maximum absolute atomic E-state index is 11.8. The lowest BCUT2D eigenvalue weighted by molar-refractivity contribution is -0.108. The number of anilines is 1. The molecule has 0 aromatic heterocycles. The minimum absolute atomic E-state index is 0.0132. The predicted molar refractivity (Wildman–Crippen MR) is 95.3 cm³/mol. The summed E-state index contributed by atoms with van der Waals surface area (Å²) in [6, 6.07) is 17.4. The molecule has 24 heavy (non-hydrogen) atoms. The van der Waals surface area contributed by atoms with Crippen LogP contribution in [0, 0.1) is 0 Å². The Labute approximate surface area is 142 Å². The average Bonchev–Trinajstić information content (AvgIpc) is 2.52. The average molecular weight is 325 g/mol. The maximum Gasteiger partial charge on any atom is 0.412 e. The normalized spacial score (nSPS) is 12.3. The van der Waals surface area contributed by atoms with Crippen molar-refractivity contribution in [2.75, 3.05) is 5.32 Å². The molecule has 126 valence electrons. The van der Waals surface area contributed by atoms with E-state index in [1.165, 1.54) is 0 Å². The highest BCUT2D eigenvalue weighted by Gasteiger charge is 2.17. The standard InChI is InChI=1S/C20H23NO3/c1-20(2,3)24-19(23)21-17-11-9-16(10-12-17)18(13-14-22)15-7-5-4-6-8-15/h4-12,14,18H,13H2,1-3H3,(H,21,23). The van der Waals surface area contributed by atoms with Crippen LogP contribution < -0.4 is 5.32 Å². The molecule has 4 nitrogen and oxygen atoms in total. The Bertz CT molecular complexity index is 672. The third-order valence-electron chi connectivity index (χ3n) is 3.49. The van der Waals surface area contributed by atoms with Gasteiger partial charge in [-0.15, -0.1) is 0 Å². The number of carbonyl (C=O) groups is 2. The molecule has 0 fully saturated rings. The van der Waals surface area contributed by atoms with Crippen LogP contribution in [0.1, 0.15) is 44.2 Å². The summed E-state index contributed by atoms with van der Waals surface area (Å²) in [5.41, 5.74) is 2.25. The van der Waals surface area contributed by atoms with Crippen molar-refractivity contribution in [3.8, 4) is 0 Å². The zero-order valence-electron chi connectivity index (χ0n) is 14.3. The van der Waals surface area contributed by atoms with Gasteiger partial charge in [0.05, 0.1) is 0 Å². The van der Waals surface area contributed by atoms with Gasteiger partial charge in [0, 0.05) is 18.0 Å². The van der Waals surface area contributed by atoms with Gasteiger partial charge >= 0.3 is 6.09 Å². The first-order valence-electron chi connectivity index (χ1n) is 7.97. The number of hydrogen-bond acceptors (Lipinski definition) is 3. The van der Waals surface area contributed by atoms with E-state index in [2.05, 4.69) is 5.32 Å². The summed E-state index contributed by atoms with van der Waals surface area (Å²) in [5, 5.41) is 2.71. The number of carbonyl (C=O) groups excluding carboxylic acids is 2. The molecule has 0 spiro atoms. The molecule has 4 heteroatoms. The Hall–Kier alpha value is -2.62. The first-order valence-corrected chi connectivity index (χ1v) is 7.97. The van der Waals surface area contributed by atoms with E-state index in [1.807, 2.05) is 75.4 Å². The van der Waals surface area contributed by atoms with Gasteiger partial charge in [-0.25, -0.2) is 4.79 Å². The van der Waals surface area contributed by atoms with Crippen LogP contribution >= 0.6 is 0 Å². The first-order chi connectivity index (χ1) is 11.4. The zero-order chi connectivity index (χ0) is 17.6. The van der Waals surface area contributed by atoms with Gasteiger partial charge in [0.15, 0.2) is 0 Å². The molecule has 1 N–H and O–H groups in total. The molecule has 2 aromatic carbocycles. The van der Waals surface area contributed by atoms with E-state index in [9.17, 15) is 9.59 Å². The van der Waals surface area contributed by atoms with Crippen molar-refractivity contribution in [2.24, 2.45) is 0 Å². The van der Waals surface area contributed by atoms with Crippen molar-refractivity contribution in [1.82, 2.24) is 0 Å². The lowest BCUT2D eigenvalue weighted by Crippen LogP contribution is -2.27. The quantitative estimate of drug-likeness (QED) is 0.807. The number of aldehydes is 1. The number of nitrogens with one attached hydrogen (secondary N) is 1. The van der Waals surface area contributed by atoms with Gasteiger partial charge in [-0.2, -0.15) is 0 Å². The fourth-order valence-corrected chi connectivity index (χ4v) is 2.47. The smallest absolute Gasteiger partial charge is 0.412 e. The Morgan fingerprint density at radius 2 is 1.62 bits per heavy atom. The molecule has 0 saturated heterocycles. The highest BCUT2D eigenvalue weighted by atomic mass is 16.6. The van der Waals surface area contributed by atoms with E-state index < -0.39 is 11.7 Å². The van der Waals surface area contributed by atoms with E-state index in [0.29, 0.717) is 12.1 Å². The molecule has 0 radical (unpaired) electrons. The van der Waals surface area contributed by atoms with Crippen molar-refractivity contribution in [2.45, 2.75) is 38.7 Å². The van der Waals surface area contributed by atoms with Crippen LogP contribution in [-0.2, 0) is 9.53 Å². The van der Waals surface area contributed by atoms with Crippen molar-refractivity contribution in [3.05, 3.63) is 65.7 Å². The first kappa shape index (κ1) is 17.7. The number of benzene rings is 2. The number of amides is 1. The Morgan fingerprint density at radius 3 is 2.17 bits per heavy atom. The zero-order valence-corrected chi connectivity index (χ0v) is 14.3. The summed E-state index contributed by atoms with van der Waals surface area (Å²) < 4.78 is 5.23. The monoisotopic (exact) mass is 325 g/mol. The fraction of sp³-hybridized carbons (Fsp3) is 0.300. The van der Waals surface area contributed by atoms with Crippen LogP contribution in [0.2, 0.25) is 0 Å². The van der Waals surface area contributed by atoms with Gasteiger partial charge in [0.2, 0.25) is 0 Å². The molecule has 0 aliphatic heterocycles. The highest BCUT2D eigenvalue weighted by molar-refractivity contribution is 5.84. The second-order valence-corrected chi connectivity index (χ2v) is 6.61. The summed E-state index contributed by atoms with van der Waals surface area (Å²) in [6.07, 6.45) is 0.871. The minimum Gasteiger partial charge on any atom is -0.444 e. The summed E-state index contributed by atoms with van der Waals surface area (Å²) in [7, 11) is 0. The lowest BCUT2D eigenvalue weighted by Gasteiger charge is -2.20. The largest absolute Gasteiger partial charge is 0.444 e. The molecule has 1 unspecified atom stereocenters. The Kier molecular flexibility index (Phi) is 5.74. The number of hydrogen-bond donors (Lipinski definition) is 1. The van der Waals surface area contributed by atoms with E-state index in [-0.39, 0.29) is 5.92 Å². The van der Waals surface area contributed by atoms with Crippen LogP contribution in [0.15, 0.2) is 54.6 Å². The highest BCUT2D eigenvalue weighted by Crippen LogP contribution is 2.28. The summed E-state index contributed by atoms with van der Waals surface area (Å²) in [4.78, 5) is 22.8. The molecule has 2 rings (SSSR count). The molecule has 1 atom stereocenters. The van der Waals surface area contributed by atoms with Crippen molar-refractivity contribution >= 4 is 18.1 Å². The topological polar surface area (TPSA) is 55.4 Å². The SMILES string of the molecule is CC(C)(C)OC(=O)Nc1ccc(C(CC=O)c2ccccc2)cc1. The van der Waals surface area contributed by atoms with Crippen molar-refractivity contribution in [1.29, 1.82) is 0 Å². The maximum atomic E-state index is 11.8. The second kappa shape index (κ2) is 7.77. The van der Waals surface area contributed by atoms with Crippen LogP contribution in [0.4, 0.5) is 10.5 Å². The molecular weight excluding hydrogens is 302 g/mol. The molecule has 0 aliphatic carbocycles. The molecule has 0 saturated carbocycles. The van der Waals surface area contributed by atoms with Gasteiger partial charge in [-0.1, -0.05) is 42.5 Å². The third kappa shape index (κ3) is 5.23. The van der Waals surface area contributed by atoms with E-state index in [1.54, 1.807) is 0 Å². The Balaban J connectivity index is 2.12. The minimum atomic E-state index is -0.535. The summed E-state index contributed by atoms with van der Waals surface area (Å²) in [5.74, 6) is 0.0132. The molecule has 0 heterocycles. The second-order valence-electron chi connectivity index (χ2n) is 6.61. The molecule has 0 bridgehead atoms. The van der Waals surface area contributed by atoms with Gasteiger partial charge in [0.1, 0.15) is 11.9 Å². The van der Waals surface area contributed by atoms with Crippen LogP contribution in [0.3, 0.4) is 0 Å². The van der Waals surface area contributed by atoms with E-state index in [0.717, 1.165) is 17.4 Å². The van der Waals surface area contributed by atoms with Crippen LogP contribution in [-0.4, -0.2) is 18.0 Å². The number of rotatable bonds is 5. The van der Waals surface area contributed by atoms with Gasteiger partial charge < -0.3 is 9.53 Å². The van der Waals surface area contributed by atoms with Crippen LogP contribution in [0.25, 0.3) is 0 Å².